The van der Waals surface area contributed by atoms with Gasteiger partial charge in [0.2, 0.25) is 0 Å². The molecule has 138 valence electrons. The van der Waals surface area contributed by atoms with Crippen molar-refractivity contribution in [1.29, 1.82) is 0 Å². The van der Waals surface area contributed by atoms with Gasteiger partial charge in [0.1, 0.15) is 11.2 Å². The number of rotatable bonds is 5. The molecule has 0 saturated carbocycles. The first kappa shape index (κ1) is 18.4. The third-order valence-corrected chi connectivity index (χ3v) is 5.29. The van der Waals surface area contributed by atoms with Gasteiger partial charge in [-0.2, -0.15) is 0 Å². The molecule has 0 atom stereocenters. The van der Waals surface area contributed by atoms with E-state index in [1.807, 2.05) is 59.2 Å². The van der Waals surface area contributed by atoms with Crippen molar-refractivity contribution in [3.63, 3.8) is 0 Å². The second-order valence-corrected chi connectivity index (χ2v) is 6.89. The minimum Gasteiger partial charge on any atom is -0.318 e. The lowest BCUT2D eigenvalue weighted by molar-refractivity contribution is 0.514. The maximum atomic E-state index is 14.2. The number of nitrogens with zero attached hydrogens (tertiary/aromatic N) is 2. The van der Waals surface area contributed by atoms with Gasteiger partial charge in [0.15, 0.2) is 5.83 Å². The molecule has 1 heterocycles. The van der Waals surface area contributed by atoms with Gasteiger partial charge in [0.05, 0.1) is 6.33 Å². The maximum Gasteiger partial charge on any atom is 0.157 e. The summed E-state index contributed by atoms with van der Waals surface area (Å²) in [5.74, 6) is -0.415. The molecule has 0 aliphatic carbocycles. The highest BCUT2D eigenvalue weighted by Crippen LogP contribution is 2.41. The molecule has 0 radical (unpaired) electrons. The fourth-order valence-electron chi connectivity index (χ4n) is 3.67. The number of hydrogen-bond acceptors (Lipinski definition) is 1. The minimum atomic E-state index is -0.679. The second-order valence-electron chi connectivity index (χ2n) is 6.43. The lowest BCUT2D eigenvalue weighted by Crippen LogP contribution is -2.36. The Hall–Kier alpha value is -2.98. The Bertz CT molecular complexity index is 977. The summed E-state index contributed by atoms with van der Waals surface area (Å²) in [5.41, 5.74) is 2.81. The highest BCUT2D eigenvalue weighted by atomic mass is 79.9. The van der Waals surface area contributed by atoms with Crippen molar-refractivity contribution in [2.24, 2.45) is 0 Å². The second kappa shape index (κ2) is 7.95. The fourth-order valence-corrected chi connectivity index (χ4v) is 3.91. The molecule has 0 unspecified atom stereocenters. The van der Waals surface area contributed by atoms with E-state index in [4.69, 9.17) is 0 Å². The zero-order valence-electron chi connectivity index (χ0n) is 15.0. The van der Waals surface area contributed by atoms with Crippen LogP contribution in [-0.4, -0.2) is 9.55 Å². The molecule has 0 spiro atoms. The molecular formula is C24H18BrFN2. The van der Waals surface area contributed by atoms with Crippen LogP contribution in [0.25, 0.3) is 5.83 Å². The number of halogens is 2. The van der Waals surface area contributed by atoms with E-state index in [1.54, 1.807) is 12.5 Å². The van der Waals surface area contributed by atoms with E-state index in [0.29, 0.717) is 0 Å². The smallest absolute Gasteiger partial charge is 0.157 e. The molecule has 0 amide bonds. The minimum absolute atomic E-state index is 0.282. The predicted molar refractivity (Wildman–Crippen MR) is 115 cm³/mol. The van der Waals surface area contributed by atoms with Crippen molar-refractivity contribution >= 4 is 21.8 Å². The molecule has 0 aliphatic rings. The number of aromatic nitrogens is 2. The molecule has 2 nitrogen and oxygen atoms in total. The maximum absolute atomic E-state index is 14.2. The average molecular weight is 433 g/mol. The van der Waals surface area contributed by atoms with E-state index in [0.717, 1.165) is 16.7 Å². The van der Waals surface area contributed by atoms with Crippen LogP contribution in [-0.2, 0) is 5.54 Å². The summed E-state index contributed by atoms with van der Waals surface area (Å²) in [5, 5.41) is 0. The Kier molecular flexibility index (Phi) is 5.22. The molecule has 4 rings (SSSR count). The normalized spacial score (nSPS) is 12.1. The average Bonchev–Trinajstić information content (AvgIpc) is 3.26. The largest absolute Gasteiger partial charge is 0.318 e. The van der Waals surface area contributed by atoms with E-state index in [-0.39, 0.29) is 5.69 Å². The molecule has 1 aromatic heterocycles. The van der Waals surface area contributed by atoms with Crippen LogP contribution >= 0.6 is 15.9 Å². The van der Waals surface area contributed by atoms with Crippen LogP contribution in [0.15, 0.2) is 109 Å². The van der Waals surface area contributed by atoms with Crippen LogP contribution in [0, 0.1) is 0 Å². The van der Waals surface area contributed by atoms with Gasteiger partial charge in [-0.15, -0.1) is 0 Å². The first-order valence-corrected chi connectivity index (χ1v) is 9.85. The summed E-state index contributed by atoms with van der Waals surface area (Å²) < 4.78 is 16.2. The predicted octanol–water partition coefficient (Wildman–Crippen LogP) is 6.39. The lowest BCUT2D eigenvalue weighted by atomic mass is 9.77. The molecule has 3 aromatic carbocycles. The van der Waals surface area contributed by atoms with Gasteiger partial charge in [-0.3, -0.25) is 0 Å². The van der Waals surface area contributed by atoms with E-state index in [9.17, 15) is 4.39 Å². The third-order valence-electron chi connectivity index (χ3n) is 4.89. The van der Waals surface area contributed by atoms with Crippen molar-refractivity contribution in [2.45, 2.75) is 5.54 Å². The number of imidazole rings is 1. The monoisotopic (exact) mass is 432 g/mol. The summed E-state index contributed by atoms with van der Waals surface area (Å²) in [6.45, 7) is 0. The van der Waals surface area contributed by atoms with E-state index >= 15 is 0 Å². The zero-order chi connectivity index (χ0) is 19.4. The van der Waals surface area contributed by atoms with Crippen LogP contribution in [0.1, 0.15) is 22.4 Å². The first-order chi connectivity index (χ1) is 13.8. The van der Waals surface area contributed by atoms with E-state index in [2.05, 4.69) is 57.3 Å². The fraction of sp³-hybridized carbons (Fsp3) is 0.0417. The Balaban J connectivity index is 2.09. The van der Waals surface area contributed by atoms with Crippen LogP contribution < -0.4 is 0 Å². The van der Waals surface area contributed by atoms with Gasteiger partial charge in [0, 0.05) is 11.2 Å². The molecule has 0 bridgehead atoms. The van der Waals surface area contributed by atoms with Gasteiger partial charge < -0.3 is 4.57 Å². The number of hydrogen-bond donors (Lipinski definition) is 0. The van der Waals surface area contributed by atoms with Crippen molar-refractivity contribution in [1.82, 2.24) is 9.55 Å². The van der Waals surface area contributed by atoms with Crippen LogP contribution in [0.5, 0.6) is 0 Å². The third kappa shape index (κ3) is 3.10. The molecule has 0 saturated heterocycles. The zero-order valence-corrected chi connectivity index (χ0v) is 16.6. The van der Waals surface area contributed by atoms with Crippen molar-refractivity contribution < 1.29 is 4.39 Å². The Morgan fingerprint density at radius 3 is 1.61 bits per heavy atom. The summed E-state index contributed by atoms with van der Waals surface area (Å²) in [6.07, 6.45) is 3.44. The standard InChI is InChI=1S/C24H18BrFN2/c25-16-22(26)23-17-28(18-27-23)24(19-10-4-1-5-11-19,20-12-6-2-7-13-20)21-14-8-3-9-15-21/h1-18H/b22-16+. The lowest BCUT2D eigenvalue weighted by Gasteiger charge is -2.37. The van der Waals surface area contributed by atoms with Gasteiger partial charge in [-0.05, 0) is 16.7 Å². The van der Waals surface area contributed by atoms with E-state index in [1.165, 1.54) is 4.99 Å². The van der Waals surface area contributed by atoms with Crippen molar-refractivity contribution in [3.8, 4) is 0 Å². The summed E-state index contributed by atoms with van der Waals surface area (Å²) in [6, 6.07) is 30.7. The van der Waals surface area contributed by atoms with Crippen LogP contribution in [0.4, 0.5) is 4.39 Å². The van der Waals surface area contributed by atoms with Gasteiger partial charge >= 0.3 is 0 Å². The first-order valence-electron chi connectivity index (χ1n) is 8.94. The summed E-state index contributed by atoms with van der Waals surface area (Å²) in [4.78, 5) is 5.56. The summed E-state index contributed by atoms with van der Waals surface area (Å²) in [7, 11) is 0. The molecule has 0 fully saturated rings. The topological polar surface area (TPSA) is 17.8 Å². The molecular weight excluding hydrogens is 415 g/mol. The quantitative estimate of drug-likeness (QED) is 0.334. The number of benzene rings is 3. The molecule has 4 aromatic rings. The highest BCUT2D eigenvalue weighted by molar-refractivity contribution is 9.11. The van der Waals surface area contributed by atoms with Crippen LogP contribution in [0.3, 0.4) is 0 Å². The molecule has 0 N–H and O–H groups in total. The molecule has 28 heavy (non-hydrogen) atoms. The van der Waals surface area contributed by atoms with Crippen molar-refractivity contribution in [3.05, 3.63) is 131 Å². The SMILES string of the molecule is F/C(=C/Br)c1cn(C(c2ccccc2)(c2ccccc2)c2ccccc2)cn1. The molecule has 0 aliphatic heterocycles. The Morgan fingerprint density at radius 2 is 1.21 bits per heavy atom. The highest BCUT2D eigenvalue weighted by Gasteiger charge is 2.38. The van der Waals surface area contributed by atoms with Gasteiger partial charge in [-0.1, -0.05) is 107 Å². The Morgan fingerprint density at radius 1 is 0.786 bits per heavy atom. The van der Waals surface area contributed by atoms with Gasteiger partial charge in [-0.25, -0.2) is 9.37 Å². The van der Waals surface area contributed by atoms with E-state index < -0.39 is 11.4 Å². The molecule has 4 heteroatoms. The van der Waals surface area contributed by atoms with Gasteiger partial charge in [0.25, 0.3) is 0 Å². The Labute approximate surface area is 172 Å². The van der Waals surface area contributed by atoms with Crippen molar-refractivity contribution in [2.75, 3.05) is 0 Å². The van der Waals surface area contributed by atoms with Crippen LogP contribution in [0.2, 0.25) is 0 Å². The summed E-state index contributed by atoms with van der Waals surface area (Å²) >= 11 is 3.06.